The molecule has 0 unspecified atom stereocenters. The minimum atomic E-state index is -3.82. The van der Waals surface area contributed by atoms with Crippen molar-refractivity contribution in [2.45, 2.75) is 55.9 Å². The predicted molar refractivity (Wildman–Crippen MR) is 179 cm³/mol. The van der Waals surface area contributed by atoms with Crippen LogP contribution in [-0.2, 0) is 31.4 Å². The van der Waals surface area contributed by atoms with E-state index in [0.717, 1.165) is 42.4 Å². The first kappa shape index (κ1) is 35.6. The van der Waals surface area contributed by atoms with Crippen molar-refractivity contribution in [2.24, 2.45) is 0 Å². The van der Waals surface area contributed by atoms with E-state index in [1.807, 2.05) is 44.2 Å². The van der Waals surface area contributed by atoms with E-state index in [9.17, 15) is 21.6 Å². The van der Waals surface area contributed by atoms with Crippen LogP contribution >= 0.6 is 0 Å². The monoisotopic (exact) mass is 670 g/mol. The second-order valence-corrected chi connectivity index (χ2v) is 15.6. The molecule has 0 aliphatic carbocycles. The first-order valence-corrected chi connectivity index (χ1v) is 18.7. The number of aryl methyl sites for hydroxylation is 2. The summed E-state index contributed by atoms with van der Waals surface area (Å²) in [5.74, 6) is 0. The van der Waals surface area contributed by atoms with Gasteiger partial charge in [-0.3, -0.25) is 0 Å². The van der Waals surface area contributed by atoms with Crippen molar-refractivity contribution in [3.05, 3.63) is 95.6 Å². The molecule has 1 amide bonds. The number of amides is 1. The van der Waals surface area contributed by atoms with Gasteiger partial charge in [0.1, 0.15) is 6.61 Å². The fraction of sp³-hybridized carbons (Fsp3) is 0.441. The van der Waals surface area contributed by atoms with Crippen molar-refractivity contribution in [1.29, 1.82) is 0 Å². The van der Waals surface area contributed by atoms with Gasteiger partial charge in [0.15, 0.2) is 0 Å². The van der Waals surface area contributed by atoms with Gasteiger partial charge in [-0.1, -0.05) is 78.6 Å². The summed E-state index contributed by atoms with van der Waals surface area (Å²) < 4.78 is 62.8. The number of rotatable bonds is 13. The molecule has 0 spiro atoms. The summed E-state index contributed by atoms with van der Waals surface area (Å²) in [4.78, 5) is 14.5. The van der Waals surface area contributed by atoms with Gasteiger partial charge in [-0.15, -0.1) is 0 Å². The van der Waals surface area contributed by atoms with Crippen molar-refractivity contribution in [1.82, 2.24) is 18.8 Å². The molecular weight excluding hydrogens is 625 g/mol. The van der Waals surface area contributed by atoms with E-state index in [2.05, 4.69) is 10.2 Å². The van der Waals surface area contributed by atoms with E-state index in [0.29, 0.717) is 26.2 Å². The lowest BCUT2D eigenvalue weighted by atomic mass is 10.2. The lowest BCUT2D eigenvalue weighted by Crippen LogP contribution is -2.41. The summed E-state index contributed by atoms with van der Waals surface area (Å²) in [6, 6.07) is 23.0. The molecular formula is C34H46N4O6S2. The Bertz CT molecular complexity index is 1510. The van der Waals surface area contributed by atoms with Gasteiger partial charge in [0, 0.05) is 45.8 Å². The number of nitrogens with one attached hydrogen (secondary N) is 1. The van der Waals surface area contributed by atoms with E-state index in [1.54, 1.807) is 48.5 Å². The predicted octanol–water partition coefficient (Wildman–Crippen LogP) is 4.79. The smallest absolute Gasteiger partial charge is 0.407 e. The van der Waals surface area contributed by atoms with Crippen LogP contribution in [0.15, 0.2) is 88.7 Å². The van der Waals surface area contributed by atoms with Gasteiger partial charge in [0.2, 0.25) is 20.0 Å². The van der Waals surface area contributed by atoms with E-state index >= 15 is 0 Å². The second-order valence-electron chi connectivity index (χ2n) is 11.7. The summed E-state index contributed by atoms with van der Waals surface area (Å²) in [6.07, 6.45) is 3.08. The van der Waals surface area contributed by atoms with Crippen LogP contribution in [0.1, 0.15) is 42.4 Å². The average Bonchev–Trinajstić information content (AvgIpc) is 3.15. The maximum absolute atomic E-state index is 13.7. The molecule has 0 saturated carbocycles. The van der Waals surface area contributed by atoms with Crippen LogP contribution in [0.25, 0.3) is 0 Å². The number of carbonyl (C=O) groups excluding carboxylic acids is 1. The SMILES string of the molecule is Cc1ccc(S(=O)(=O)N2CCN(CCCCCCNC(=O)OCc3ccccc3)CCN(S(=O)(=O)c3ccc(C)cc3)CC2)cc1. The highest BCUT2D eigenvalue weighted by Gasteiger charge is 2.31. The molecule has 0 aromatic heterocycles. The van der Waals surface area contributed by atoms with E-state index in [-0.39, 0.29) is 42.6 Å². The number of hydrogen-bond donors (Lipinski definition) is 1. The largest absolute Gasteiger partial charge is 0.445 e. The number of alkyl carbamates (subject to hydrolysis) is 1. The third-order valence-corrected chi connectivity index (χ3v) is 12.0. The Kier molecular flexibility index (Phi) is 13.2. The molecule has 10 nitrogen and oxygen atoms in total. The van der Waals surface area contributed by atoms with Gasteiger partial charge in [-0.25, -0.2) is 21.6 Å². The number of unbranched alkanes of at least 4 members (excludes halogenated alkanes) is 3. The number of carbonyl (C=O) groups is 1. The maximum Gasteiger partial charge on any atom is 0.407 e. The number of sulfonamides is 2. The standard InChI is InChI=1S/C34H46N4O6S2/c1-29-12-16-32(17-13-29)45(40,41)37-24-22-36(23-25-38(27-26-37)46(42,43)33-18-14-30(2)15-19-33)21-9-4-3-8-20-35-34(39)44-28-31-10-6-5-7-11-31/h5-7,10-19H,3-4,8-9,20-28H2,1-2H3,(H,35,39). The summed E-state index contributed by atoms with van der Waals surface area (Å²) >= 11 is 0. The Labute approximate surface area is 274 Å². The van der Waals surface area contributed by atoms with Crippen molar-refractivity contribution in [3.63, 3.8) is 0 Å². The average molecular weight is 671 g/mol. The van der Waals surface area contributed by atoms with Gasteiger partial charge < -0.3 is 15.0 Å². The topological polar surface area (TPSA) is 116 Å². The van der Waals surface area contributed by atoms with Crippen LogP contribution in [0, 0.1) is 13.8 Å². The van der Waals surface area contributed by atoms with E-state index < -0.39 is 26.1 Å². The first-order chi connectivity index (χ1) is 22.1. The number of nitrogens with zero attached hydrogens (tertiary/aromatic N) is 3. The highest BCUT2D eigenvalue weighted by Crippen LogP contribution is 2.21. The quantitative estimate of drug-likeness (QED) is 0.260. The zero-order valence-electron chi connectivity index (χ0n) is 26.8. The van der Waals surface area contributed by atoms with Gasteiger partial charge in [0.05, 0.1) is 9.79 Å². The summed E-state index contributed by atoms with van der Waals surface area (Å²) in [7, 11) is -7.64. The molecule has 0 bridgehead atoms. The highest BCUT2D eigenvalue weighted by molar-refractivity contribution is 7.89. The number of hydrogen-bond acceptors (Lipinski definition) is 7. The Morgan fingerprint density at radius 2 is 1.13 bits per heavy atom. The van der Waals surface area contributed by atoms with Crippen molar-refractivity contribution < 1.29 is 26.4 Å². The number of benzene rings is 3. The van der Waals surface area contributed by atoms with Crippen molar-refractivity contribution >= 4 is 26.1 Å². The normalized spacial score (nSPS) is 15.9. The van der Waals surface area contributed by atoms with Crippen molar-refractivity contribution in [2.75, 3.05) is 52.4 Å². The molecule has 1 fully saturated rings. The molecule has 1 saturated heterocycles. The fourth-order valence-electron chi connectivity index (χ4n) is 5.27. The molecule has 3 aromatic rings. The summed E-state index contributed by atoms with van der Waals surface area (Å²) in [6.45, 7) is 6.93. The summed E-state index contributed by atoms with van der Waals surface area (Å²) in [5.41, 5.74) is 2.86. The second kappa shape index (κ2) is 17.0. The molecule has 1 N–H and O–H groups in total. The Morgan fingerprint density at radius 1 is 0.652 bits per heavy atom. The first-order valence-electron chi connectivity index (χ1n) is 15.9. The van der Waals surface area contributed by atoms with Crippen LogP contribution < -0.4 is 5.32 Å². The lowest BCUT2D eigenvalue weighted by Gasteiger charge is -2.25. The molecule has 46 heavy (non-hydrogen) atoms. The molecule has 3 aromatic carbocycles. The Hall–Kier alpha value is -3.29. The van der Waals surface area contributed by atoms with Crippen LogP contribution in [-0.4, -0.2) is 88.8 Å². The zero-order valence-corrected chi connectivity index (χ0v) is 28.4. The van der Waals surface area contributed by atoms with Gasteiger partial charge >= 0.3 is 6.09 Å². The number of ether oxygens (including phenoxy) is 1. The van der Waals surface area contributed by atoms with Crippen LogP contribution in [0.3, 0.4) is 0 Å². The van der Waals surface area contributed by atoms with Gasteiger partial charge in [0.25, 0.3) is 0 Å². The fourth-order valence-corrected chi connectivity index (χ4v) is 8.11. The maximum atomic E-state index is 13.7. The molecule has 12 heteroatoms. The molecule has 250 valence electrons. The molecule has 1 heterocycles. The summed E-state index contributed by atoms with van der Waals surface area (Å²) in [5, 5.41) is 2.79. The zero-order chi connectivity index (χ0) is 33.0. The lowest BCUT2D eigenvalue weighted by molar-refractivity contribution is 0.139. The minimum Gasteiger partial charge on any atom is -0.445 e. The molecule has 0 atom stereocenters. The van der Waals surface area contributed by atoms with Gasteiger partial charge in [-0.05, 0) is 63.1 Å². The van der Waals surface area contributed by atoms with Gasteiger partial charge in [-0.2, -0.15) is 8.61 Å². The van der Waals surface area contributed by atoms with E-state index in [4.69, 9.17) is 4.74 Å². The van der Waals surface area contributed by atoms with Crippen LogP contribution in [0.5, 0.6) is 0 Å². The molecule has 1 aliphatic heterocycles. The van der Waals surface area contributed by atoms with Crippen molar-refractivity contribution in [3.8, 4) is 0 Å². The van der Waals surface area contributed by atoms with Crippen LogP contribution in [0.2, 0.25) is 0 Å². The minimum absolute atomic E-state index is 0.0654. The highest BCUT2D eigenvalue weighted by atomic mass is 32.2. The third kappa shape index (κ3) is 10.4. The molecule has 1 aliphatic rings. The Balaban J connectivity index is 1.32. The Morgan fingerprint density at radius 3 is 1.65 bits per heavy atom. The van der Waals surface area contributed by atoms with E-state index in [1.165, 1.54) is 8.61 Å². The molecule has 4 rings (SSSR count). The third-order valence-electron chi connectivity index (χ3n) is 8.13. The molecule has 0 radical (unpaired) electrons. The van der Waals surface area contributed by atoms with Crippen LogP contribution in [0.4, 0.5) is 4.79 Å².